The third-order valence-corrected chi connectivity index (χ3v) is 2.45. The molecule has 13 heavy (non-hydrogen) atoms. The first-order valence-corrected chi connectivity index (χ1v) is 4.88. The molecule has 0 aromatic heterocycles. The number of aliphatic hydroxyl groups is 2. The van der Waals surface area contributed by atoms with E-state index in [1.807, 2.05) is 4.90 Å². The van der Waals surface area contributed by atoms with Crippen LogP contribution in [0.15, 0.2) is 0 Å². The summed E-state index contributed by atoms with van der Waals surface area (Å²) in [5, 5.41) is 17.8. The Hall–Kier alpha value is -0.160. The Kier molecular flexibility index (Phi) is 4.66. The summed E-state index contributed by atoms with van der Waals surface area (Å²) in [5.41, 5.74) is 0. The largest absolute Gasteiger partial charge is 0.394 e. The Bertz CT molecular complexity index is 133. The molecule has 2 N–H and O–H groups in total. The molecule has 78 valence electrons. The summed E-state index contributed by atoms with van der Waals surface area (Å²) in [6.45, 7) is 4.08. The lowest BCUT2D eigenvalue weighted by Crippen LogP contribution is -2.42. The average Bonchev–Trinajstić information content (AvgIpc) is 2.15. The van der Waals surface area contributed by atoms with Crippen molar-refractivity contribution < 1.29 is 14.9 Å². The predicted octanol–water partition coefficient (Wildman–Crippen LogP) is -0.202. The van der Waals surface area contributed by atoms with E-state index < -0.39 is 0 Å². The van der Waals surface area contributed by atoms with Crippen molar-refractivity contribution in [2.75, 3.05) is 26.3 Å². The van der Waals surface area contributed by atoms with Gasteiger partial charge in [0.25, 0.3) is 0 Å². The van der Waals surface area contributed by atoms with Gasteiger partial charge in [0.15, 0.2) is 0 Å². The quantitative estimate of drug-likeness (QED) is 0.643. The maximum Gasteiger partial charge on any atom is 0.104 e. The molecule has 1 heterocycles. The number of rotatable bonds is 4. The fourth-order valence-electron chi connectivity index (χ4n) is 1.64. The Morgan fingerprint density at radius 2 is 2.08 bits per heavy atom. The van der Waals surface area contributed by atoms with Crippen LogP contribution in [0.3, 0.4) is 0 Å². The molecule has 0 saturated carbocycles. The van der Waals surface area contributed by atoms with E-state index in [2.05, 4.69) is 0 Å². The molecule has 0 radical (unpaired) electrons. The van der Waals surface area contributed by atoms with Gasteiger partial charge in [-0.2, -0.15) is 0 Å². The van der Waals surface area contributed by atoms with Gasteiger partial charge in [-0.1, -0.05) is 0 Å². The van der Waals surface area contributed by atoms with E-state index in [4.69, 9.17) is 9.84 Å². The Balaban J connectivity index is 2.15. The van der Waals surface area contributed by atoms with E-state index >= 15 is 0 Å². The maximum atomic E-state index is 9.28. The lowest BCUT2D eigenvalue weighted by molar-refractivity contribution is -0.0499. The van der Waals surface area contributed by atoms with Gasteiger partial charge in [-0.15, -0.1) is 0 Å². The van der Waals surface area contributed by atoms with Crippen LogP contribution >= 0.6 is 0 Å². The number of piperidine rings is 1. The van der Waals surface area contributed by atoms with Crippen LogP contribution in [0.4, 0.5) is 0 Å². The van der Waals surface area contributed by atoms with E-state index in [9.17, 15) is 5.11 Å². The summed E-state index contributed by atoms with van der Waals surface area (Å²) in [5.74, 6) is 0. The third kappa shape index (κ3) is 3.60. The zero-order valence-electron chi connectivity index (χ0n) is 8.15. The van der Waals surface area contributed by atoms with Crippen molar-refractivity contribution in [2.45, 2.75) is 32.1 Å². The van der Waals surface area contributed by atoms with Crippen molar-refractivity contribution in [3.05, 3.63) is 0 Å². The number of nitrogens with zero attached hydrogens (tertiary/aromatic N) is 1. The molecule has 1 rings (SSSR count). The minimum Gasteiger partial charge on any atom is -0.394 e. The van der Waals surface area contributed by atoms with E-state index in [0.29, 0.717) is 6.61 Å². The van der Waals surface area contributed by atoms with Gasteiger partial charge in [-0.3, -0.25) is 4.90 Å². The smallest absolute Gasteiger partial charge is 0.104 e. The van der Waals surface area contributed by atoms with Crippen LogP contribution in [0, 0.1) is 0 Å². The first kappa shape index (κ1) is 10.9. The van der Waals surface area contributed by atoms with Crippen LogP contribution in [-0.2, 0) is 4.74 Å². The summed E-state index contributed by atoms with van der Waals surface area (Å²) in [6.07, 6.45) is 1.82. The second-order valence-corrected chi connectivity index (χ2v) is 3.46. The second-order valence-electron chi connectivity index (χ2n) is 3.46. The van der Waals surface area contributed by atoms with Gasteiger partial charge in [0.2, 0.25) is 0 Å². The molecule has 0 bridgehead atoms. The van der Waals surface area contributed by atoms with Gasteiger partial charge in [0.05, 0.1) is 19.3 Å². The normalized spacial score (nSPS) is 23.3. The van der Waals surface area contributed by atoms with Gasteiger partial charge in [0, 0.05) is 13.1 Å². The Morgan fingerprint density at radius 3 is 2.54 bits per heavy atom. The highest BCUT2D eigenvalue weighted by atomic mass is 16.5. The van der Waals surface area contributed by atoms with E-state index in [0.717, 1.165) is 25.9 Å². The molecule has 0 aromatic carbocycles. The Morgan fingerprint density at radius 1 is 1.46 bits per heavy atom. The van der Waals surface area contributed by atoms with Crippen molar-refractivity contribution in [3.8, 4) is 0 Å². The summed E-state index contributed by atoms with van der Waals surface area (Å²) in [7, 11) is 0. The molecule has 1 aliphatic heterocycles. The molecule has 1 saturated heterocycles. The minimum atomic E-state index is -0.348. The van der Waals surface area contributed by atoms with E-state index in [1.54, 1.807) is 6.92 Å². The van der Waals surface area contributed by atoms with Crippen molar-refractivity contribution in [3.63, 3.8) is 0 Å². The highest BCUT2D eigenvalue weighted by Crippen LogP contribution is 2.14. The molecule has 0 amide bonds. The molecule has 1 aliphatic rings. The molecule has 1 fully saturated rings. The zero-order chi connectivity index (χ0) is 9.68. The fourth-order valence-corrected chi connectivity index (χ4v) is 1.64. The van der Waals surface area contributed by atoms with E-state index in [1.165, 1.54) is 0 Å². The van der Waals surface area contributed by atoms with Gasteiger partial charge < -0.3 is 14.9 Å². The SMILES string of the molecule is CC(O)N1CCC(OCCO)CC1. The molecule has 1 atom stereocenters. The number of hydrogen-bond acceptors (Lipinski definition) is 4. The summed E-state index contributed by atoms with van der Waals surface area (Å²) < 4.78 is 5.40. The van der Waals surface area contributed by atoms with Crippen LogP contribution in [0.2, 0.25) is 0 Å². The molecule has 4 nitrogen and oxygen atoms in total. The van der Waals surface area contributed by atoms with E-state index in [-0.39, 0.29) is 18.9 Å². The summed E-state index contributed by atoms with van der Waals surface area (Å²) >= 11 is 0. The van der Waals surface area contributed by atoms with Crippen LogP contribution < -0.4 is 0 Å². The monoisotopic (exact) mass is 189 g/mol. The van der Waals surface area contributed by atoms with Crippen LogP contribution in [0.5, 0.6) is 0 Å². The first-order valence-electron chi connectivity index (χ1n) is 4.88. The topological polar surface area (TPSA) is 52.9 Å². The number of hydrogen-bond donors (Lipinski definition) is 2. The first-order chi connectivity index (χ1) is 6.24. The standard InChI is InChI=1S/C9H19NO3/c1-8(12)10-4-2-9(3-5-10)13-7-6-11/h8-9,11-12H,2-7H2,1H3. The van der Waals surface area contributed by atoms with Crippen molar-refractivity contribution in [2.24, 2.45) is 0 Å². The van der Waals surface area contributed by atoms with Crippen molar-refractivity contribution in [1.29, 1.82) is 0 Å². The molecular formula is C9H19NO3. The van der Waals surface area contributed by atoms with Crippen LogP contribution in [-0.4, -0.2) is 53.7 Å². The number of aliphatic hydroxyl groups excluding tert-OH is 2. The predicted molar refractivity (Wildman–Crippen MR) is 49.3 cm³/mol. The Labute approximate surface area is 79.1 Å². The molecule has 0 aromatic rings. The minimum absolute atomic E-state index is 0.0939. The third-order valence-electron chi connectivity index (χ3n) is 2.45. The highest BCUT2D eigenvalue weighted by molar-refractivity contribution is 4.72. The van der Waals surface area contributed by atoms with Gasteiger partial charge in [0.1, 0.15) is 6.23 Å². The highest BCUT2D eigenvalue weighted by Gasteiger charge is 2.21. The lowest BCUT2D eigenvalue weighted by Gasteiger charge is -2.33. The molecule has 1 unspecified atom stereocenters. The zero-order valence-corrected chi connectivity index (χ0v) is 8.15. The van der Waals surface area contributed by atoms with Crippen molar-refractivity contribution in [1.82, 2.24) is 4.90 Å². The van der Waals surface area contributed by atoms with Gasteiger partial charge >= 0.3 is 0 Å². The second kappa shape index (κ2) is 5.54. The number of likely N-dealkylation sites (tertiary alicyclic amines) is 1. The average molecular weight is 189 g/mol. The van der Waals surface area contributed by atoms with Crippen LogP contribution in [0.1, 0.15) is 19.8 Å². The van der Waals surface area contributed by atoms with Crippen LogP contribution in [0.25, 0.3) is 0 Å². The molecule has 4 heteroatoms. The van der Waals surface area contributed by atoms with Gasteiger partial charge in [-0.05, 0) is 19.8 Å². The molecule has 0 aliphatic carbocycles. The lowest BCUT2D eigenvalue weighted by atomic mass is 10.1. The summed E-state index contributed by atoms with van der Waals surface area (Å²) in [4.78, 5) is 2.03. The van der Waals surface area contributed by atoms with Gasteiger partial charge in [-0.25, -0.2) is 0 Å². The maximum absolute atomic E-state index is 9.28. The summed E-state index contributed by atoms with van der Waals surface area (Å²) in [6, 6.07) is 0. The molecule has 0 spiro atoms. The van der Waals surface area contributed by atoms with Crippen molar-refractivity contribution >= 4 is 0 Å². The molecular weight excluding hydrogens is 170 g/mol. The number of ether oxygens (including phenoxy) is 1. The fraction of sp³-hybridized carbons (Fsp3) is 1.00.